The van der Waals surface area contributed by atoms with Crippen LogP contribution in [-0.4, -0.2) is 33.5 Å². The molecule has 6 nitrogen and oxygen atoms in total. The number of hydrogen-bond donors (Lipinski definition) is 2. The van der Waals surface area contributed by atoms with Crippen molar-refractivity contribution in [3.05, 3.63) is 11.9 Å². The number of carbonyl (C=O) groups is 1. The minimum Gasteiger partial charge on any atom is -0.348 e. The largest absolute Gasteiger partial charge is 0.348 e. The first-order chi connectivity index (χ1) is 6.79. The number of nitrogens with two attached hydrogens (primary N) is 1. The maximum Gasteiger partial charge on any atom is 0.273 e. The minimum atomic E-state index is -0.143. The molecule has 0 saturated heterocycles. The van der Waals surface area contributed by atoms with Gasteiger partial charge in [-0.05, 0) is 12.8 Å². The van der Waals surface area contributed by atoms with Gasteiger partial charge in [0.15, 0.2) is 5.69 Å². The zero-order chi connectivity index (χ0) is 9.97. The minimum absolute atomic E-state index is 0.143. The van der Waals surface area contributed by atoms with Gasteiger partial charge in [-0.15, -0.1) is 5.10 Å². The smallest absolute Gasteiger partial charge is 0.273 e. The zero-order valence-corrected chi connectivity index (χ0v) is 7.81. The Morgan fingerprint density at radius 1 is 1.71 bits per heavy atom. The van der Waals surface area contributed by atoms with Gasteiger partial charge in [0.05, 0.1) is 12.7 Å². The Hall–Kier alpha value is -1.43. The van der Waals surface area contributed by atoms with E-state index in [1.165, 1.54) is 0 Å². The fourth-order valence-electron chi connectivity index (χ4n) is 1.13. The summed E-state index contributed by atoms with van der Waals surface area (Å²) >= 11 is 0. The lowest BCUT2D eigenvalue weighted by atomic mass is 10.4. The molecule has 2 rings (SSSR count). The highest BCUT2D eigenvalue weighted by atomic mass is 16.2. The van der Waals surface area contributed by atoms with Crippen molar-refractivity contribution in [3.63, 3.8) is 0 Å². The topological polar surface area (TPSA) is 85.8 Å². The van der Waals surface area contributed by atoms with E-state index in [1.54, 1.807) is 10.9 Å². The molecule has 1 amide bonds. The van der Waals surface area contributed by atoms with E-state index < -0.39 is 0 Å². The first-order valence-corrected chi connectivity index (χ1v) is 4.70. The molecule has 0 bridgehead atoms. The second kappa shape index (κ2) is 3.75. The predicted octanol–water partition coefficient (Wildman–Crippen LogP) is -0.871. The maximum absolute atomic E-state index is 11.5. The molecule has 0 aliphatic heterocycles. The number of nitrogens with one attached hydrogen (secondary N) is 1. The number of hydrogen-bond acceptors (Lipinski definition) is 4. The molecule has 76 valence electrons. The fourth-order valence-corrected chi connectivity index (χ4v) is 1.13. The standard InChI is InChI=1S/C8H13N5O/c9-3-4-13-5-7(11-12-13)8(14)10-6-1-2-6/h5-6H,1-4,9H2,(H,10,14). The lowest BCUT2D eigenvalue weighted by Gasteiger charge is -1.97. The van der Waals surface area contributed by atoms with Gasteiger partial charge in [-0.25, -0.2) is 0 Å². The van der Waals surface area contributed by atoms with Crippen molar-refractivity contribution in [1.82, 2.24) is 20.3 Å². The third-order valence-corrected chi connectivity index (χ3v) is 2.04. The van der Waals surface area contributed by atoms with Crippen LogP contribution < -0.4 is 11.1 Å². The van der Waals surface area contributed by atoms with Crippen molar-refractivity contribution in [2.24, 2.45) is 5.73 Å². The molecule has 1 aromatic rings. The van der Waals surface area contributed by atoms with Crippen LogP contribution in [0.4, 0.5) is 0 Å². The monoisotopic (exact) mass is 195 g/mol. The average molecular weight is 195 g/mol. The van der Waals surface area contributed by atoms with Gasteiger partial charge >= 0.3 is 0 Å². The lowest BCUT2D eigenvalue weighted by molar-refractivity contribution is 0.0946. The van der Waals surface area contributed by atoms with E-state index in [1.807, 2.05) is 0 Å². The van der Waals surface area contributed by atoms with E-state index in [2.05, 4.69) is 15.6 Å². The Kier molecular flexibility index (Phi) is 2.45. The molecular weight excluding hydrogens is 182 g/mol. The first kappa shape index (κ1) is 9.14. The van der Waals surface area contributed by atoms with E-state index in [0.29, 0.717) is 24.8 Å². The summed E-state index contributed by atoms with van der Waals surface area (Å²) in [6, 6.07) is 0.349. The molecule has 1 aliphatic carbocycles. The van der Waals surface area contributed by atoms with Crippen molar-refractivity contribution in [2.45, 2.75) is 25.4 Å². The molecule has 1 saturated carbocycles. The van der Waals surface area contributed by atoms with Crippen LogP contribution in [0.1, 0.15) is 23.3 Å². The van der Waals surface area contributed by atoms with Crippen molar-refractivity contribution >= 4 is 5.91 Å². The van der Waals surface area contributed by atoms with Crippen molar-refractivity contribution in [1.29, 1.82) is 0 Å². The van der Waals surface area contributed by atoms with E-state index >= 15 is 0 Å². The summed E-state index contributed by atoms with van der Waals surface area (Å²) in [7, 11) is 0. The maximum atomic E-state index is 11.5. The van der Waals surface area contributed by atoms with Gasteiger partial charge in [0.2, 0.25) is 0 Å². The van der Waals surface area contributed by atoms with Gasteiger partial charge < -0.3 is 11.1 Å². The van der Waals surface area contributed by atoms with Gasteiger partial charge in [-0.2, -0.15) is 0 Å². The third-order valence-electron chi connectivity index (χ3n) is 2.04. The molecule has 3 N–H and O–H groups in total. The number of rotatable bonds is 4. The molecule has 1 aliphatic rings. The highest BCUT2D eigenvalue weighted by Gasteiger charge is 2.24. The highest BCUT2D eigenvalue weighted by molar-refractivity contribution is 5.92. The molecule has 0 spiro atoms. The molecule has 0 atom stereocenters. The van der Waals surface area contributed by atoms with E-state index in [0.717, 1.165) is 12.8 Å². The summed E-state index contributed by atoms with van der Waals surface area (Å²) in [6.07, 6.45) is 3.76. The Balaban J connectivity index is 1.96. The van der Waals surface area contributed by atoms with Crippen LogP contribution in [0, 0.1) is 0 Å². The summed E-state index contributed by atoms with van der Waals surface area (Å²) in [6.45, 7) is 1.08. The first-order valence-electron chi connectivity index (χ1n) is 4.70. The second-order valence-electron chi connectivity index (χ2n) is 3.40. The normalized spacial score (nSPS) is 15.5. The summed E-state index contributed by atoms with van der Waals surface area (Å²) in [5.74, 6) is -0.143. The molecule has 1 fully saturated rings. The van der Waals surface area contributed by atoms with Gasteiger partial charge in [0, 0.05) is 12.6 Å². The van der Waals surface area contributed by atoms with Crippen molar-refractivity contribution in [2.75, 3.05) is 6.54 Å². The van der Waals surface area contributed by atoms with Gasteiger partial charge in [0.25, 0.3) is 5.91 Å². The molecule has 6 heteroatoms. The Morgan fingerprint density at radius 2 is 2.50 bits per heavy atom. The second-order valence-corrected chi connectivity index (χ2v) is 3.40. The fraction of sp³-hybridized carbons (Fsp3) is 0.625. The zero-order valence-electron chi connectivity index (χ0n) is 7.81. The van der Waals surface area contributed by atoms with Crippen molar-refractivity contribution in [3.8, 4) is 0 Å². The lowest BCUT2D eigenvalue weighted by Crippen LogP contribution is -2.25. The van der Waals surface area contributed by atoms with Crippen LogP contribution >= 0.6 is 0 Å². The van der Waals surface area contributed by atoms with Crippen molar-refractivity contribution < 1.29 is 4.79 Å². The summed E-state index contributed by atoms with van der Waals surface area (Å²) in [4.78, 5) is 11.5. The van der Waals surface area contributed by atoms with E-state index in [4.69, 9.17) is 5.73 Å². The summed E-state index contributed by atoms with van der Waals surface area (Å²) in [5, 5.41) is 10.4. The highest BCUT2D eigenvalue weighted by Crippen LogP contribution is 2.18. The van der Waals surface area contributed by atoms with Gasteiger partial charge in [0.1, 0.15) is 0 Å². The van der Waals surface area contributed by atoms with Crippen LogP contribution in [0.25, 0.3) is 0 Å². The van der Waals surface area contributed by atoms with Crippen LogP contribution in [0.5, 0.6) is 0 Å². The molecule has 0 radical (unpaired) electrons. The number of nitrogens with zero attached hydrogens (tertiary/aromatic N) is 3. The van der Waals surface area contributed by atoms with Crippen LogP contribution in [-0.2, 0) is 6.54 Å². The summed E-state index contributed by atoms with van der Waals surface area (Å²) in [5.41, 5.74) is 5.71. The number of aromatic nitrogens is 3. The van der Waals surface area contributed by atoms with E-state index in [-0.39, 0.29) is 5.91 Å². The third kappa shape index (κ3) is 2.08. The molecule has 0 aromatic carbocycles. The van der Waals surface area contributed by atoms with Crippen LogP contribution in [0.3, 0.4) is 0 Å². The Bertz CT molecular complexity index is 330. The molecular formula is C8H13N5O. The van der Waals surface area contributed by atoms with Crippen LogP contribution in [0.2, 0.25) is 0 Å². The predicted molar refractivity (Wildman–Crippen MR) is 49.6 cm³/mol. The number of amides is 1. The molecule has 14 heavy (non-hydrogen) atoms. The average Bonchev–Trinajstić information content (AvgIpc) is 2.83. The van der Waals surface area contributed by atoms with Gasteiger partial charge in [-0.1, -0.05) is 5.21 Å². The Morgan fingerprint density at radius 3 is 3.14 bits per heavy atom. The molecule has 0 unspecified atom stereocenters. The SMILES string of the molecule is NCCn1cc(C(=O)NC2CC2)nn1. The quantitative estimate of drug-likeness (QED) is 0.654. The molecule has 1 heterocycles. The Labute approximate surface area is 81.5 Å². The number of carbonyl (C=O) groups excluding carboxylic acids is 1. The van der Waals surface area contributed by atoms with E-state index in [9.17, 15) is 4.79 Å². The molecule has 1 aromatic heterocycles. The summed E-state index contributed by atoms with van der Waals surface area (Å²) < 4.78 is 1.57. The van der Waals surface area contributed by atoms with Crippen LogP contribution in [0.15, 0.2) is 6.20 Å². The van der Waals surface area contributed by atoms with Gasteiger partial charge in [-0.3, -0.25) is 9.48 Å².